The molecule has 1 rings (SSSR count). The lowest BCUT2D eigenvalue weighted by atomic mass is 10.1. The van der Waals surface area contributed by atoms with Gasteiger partial charge in [0.1, 0.15) is 0 Å². The van der Waals surface area contributed by atoms with Crippen molar-refractivity contribution >= 4 is 21.9 Å². The molecule has 0 fully saturated rings. The molecule has 0 aromatic heterocycles. The molecular formula is C12H16N2O5S. The lowest BCUT2D eigenvalue weighted by Gasteiger charge is -2.16. The summed E-state index contributed by atoms with van der Waals surface area (Å²) in [6.45, 7) is 1.32. The predicted octanol–water partition coefficient (Wildman–Crippen LogP) is 0.271. The van der Waals surface area contributed by atoms with Crippen molar-refractivity contribution in [2.24, 2.45) is 0 Å². The normalized spacial score (nSPS) is 11.4. The number of sulfonamides is 1. The number of hydrogen-bond acceptors (Lipinski definition) is 4. The molecule has 1 amide bonds. The SMILES string of the molecule is CC(=O)NCc1ccc(C(=O)O)cc1S(=O)(=O)N(C)C. The molecule has 0 aliphatic rings. The van der Waals surface area contributed by atoms with Gasteiger partial charge in [0.15, 0.2) is 0 Å². The number of carbonyl (C=O) groups excluding carboxylic acids is 1. The summed E-state index contributed by atoms with van der Waals surface area (Å²) in [7, 11) is -1.09. The molecule has 20 heavy (non-hydrogen) atoms. The van der Waals surface area contributed by atoms with Crippen molar-refractivity contribution in [3.05, 3.63) is 29.3 Å². The third-order valence-electron chi connectivity index (χ3n) is 2.60. The lowest BCUT2D eigenvalue weighted by molar-refractivity contribution is -0.119. The van der Waals surface area contributed by atoms with Crippen LogP contribution in [0.25, 0.3) is 0 Å². The summed E-state index contributed by atoms with van der Waals surface area (Å²) in [5.41, 5.74) is 0.205. The molecule has 0 aliphatic heterocycles. The Labute approximate surface area is 117 Å². The van der Waals surface area contributed by atoms with E-state index < -0.39 is 16.0 Å². The van der Waals surface area contributed by atoms with Crippen molar-refractivity contribution in [1.82, 2.24) is 9.62 Å². The van der Waals surface area contributed by atoms with Crippen LogP contribution in [0.4, 0.5) is 0 Å². The minimum absolute atomic E-state index is 0.0115. The van der Waals surface area contributed by atoms with Gasteiger partial charge >= 0.3 is 5.97 Å². The summed E-state index contributed by atoms with van der Waals surface area (Å²) in [5.74, 6) is -1.52. The summed E-state index contributed by atoms with van der Waals surface area (Å²) < 4.78 is 25.4. The van der Waals surface area contributed by atoms with Crippen LogP contribution in [-0.4, -0.2) is 43.8 Å². The molecule has 0 aliphatic carbocycles. The first-order valence-corrected chi connectivity index (χ1v) is 7.13. The van der Waals surface area contributed by atoms with Crippen molar-refractivity contribution in [2.75, 3.05) is 14.1 Å². The maximum Gasteiger partial charge on any atom is 0.335 e. The molecule has 7 nitrogen and oxygen atoms in total. The zero-order chi connectivity index (χ0) is 15.5. The molecule has 1 aromatic carbocycles. The van der Waals surface area contributed by atoms with Crippen LogP contribution in [0.15, 0.2) is 23.1 Å². The molecule has 0 bridgehead atoms. The van der Waals surface area contributed by atoms with Crippen molar-refractivity contribution in [1.29, 1.82) is 0 Å². The van der Waals surface area contributed by atoms with E-state index in [2.05, 4.69) is 5.32 Å². The number of nitrogens with zero attached hydrogens (tertiary/aromatic N) is 1. The van der Waals surface area contributed by atoms with Gasteiger partial charge in [0.25, 0.3) is 0 Å². The molecule has 0 spiro atoms. The molecule has 110 valence electrons. The molecule has 0 atom stereocenters. The van der Waals surface area contributed by atoms with E-state index in [9.17, 15) is 18.0 Å². The maximum atomic E-state index is 12.2. The van der Waals surface area contributed by atoms with Crippen LogP contribution in [0.2, 0.25) is 0 Å². The van der Waals surface area contributed by atoms with E-state index in [1.54, 1.807) is 0 Å². The number of aromatic carboxylic acids is 1. The van der Waals surface area contributed by atoms with Crippen LogP contribution in [0, 0.1) is 0 Å². The highest BCUT2D eigenvalue weighted by Gasteiger charge is 2.22. The van der Waals surface area contributed by atoms with Gasteiger partial charge in [0.05, 0.1) is 10.5 Å². The van der Waals surface area contributed by atoms with Gasteiger partial charge in [-0.3, -0.25) is 4.79 Å². The number of rotatable bonds is 5. The molecule has 0 saturated carbocycles. The average molecular weight is 300 g/mol. The standard InChI is InChI=1S/C12H16N2O5S/c1-8(15)13-7-10-5-4-9(12(16)17)6-11(10)20(18,19)14(2)3/h4-6H,7H2,1-3H3,(H,13,15)(H,16,17). The van der Waals surface area contributed by atoms with Gasteiger partial charge in [-0.05, 0) is 17.7 Å². The van der Waals surface area contributed by atoms with E-state index in [0.29, 0.717) is 5.56 Å². The van der Waals surface area contributed by atoms with Gasteiger partial charge in [-0.2, -0.15) is 0 Å². The predicted molar refractivity (Wildman–Crippen MR) is 71.8 cm³/mol. The van der Waals surface area contributed by atoms with E-state index >= 15 is 0 Å². The van der Waals surface area contributed by atoms with E-state index in [-0.39, 0.29) is 22.9 Å². The molecule has 0 saturated heterocycles. The second-order valence-electron chi connectivity index (χ2n) is 4.32. The largest absolute Gasteiger partial charge is 0.478 e. The fourth-order valence-electron chi connectivity index (χ4n) is 1.49. The Morgan fingerprint density at radius 3 is 2.35 bits per heavy atom. The molecule has 0 heterocycles. The molecular weight excluding hydrogens is 284 g/mol. The molecule has 1 aromatic rings. The first-order chi connectivity index (χ1) is 9.16. The highest BCUT2D eigenvalue weighted by atomic mass is 32.2. The van der Waals surface area contributed by atoms with E-state index in [4.69, 9.17) is 5.11 Å². The Kier molecular flexibility index (Phi) is 4.85. The summed E-state index contributed by atoms with van der Waals surface area (Å²) in [6.07, 6.45) is 0. The number of benzene rings is 1. The first-order valence-electron chi connectivity index (χ1n) is 5.69. The Bertz CT molecular complexity index is 637. The highest BCUT2D eigenvalue weighted by Crippen LogP contribution is 2.20. The lowest BCUT2D eigenvalue weighted by Crippen LogP contribution is -2.26. The van der Waals surface area contributed by atoms with E-state index in [1.165, 1.54) is 33.2 Å². The Morgan fingerprint density at radius 2 is 1.90 bits per heavy atom. The van der Waals surface area contributed by atoms with Gasteiger partial charge in [-0.25, -0.2) is 17.5 Å². The fourth-order valence-corrected chi connectivity index (χ4v) is 2.63. The second-order valence-corrected chi connectivity index (χ2v) is 6.45. The highest BCUT2D eigenvalue weighted by molar-refractivity contribution is 7.89. The summed E-state index contributed by atoms with van der Waals surface area (Å²) in [6, 6.07) is 3.78. The zero-order valence-corrected chi connectivity index (χ0v) is 12.2. The minimum Gasteiger partial charge on any atom is -0.478 e. The molecule has 0 unspecified atom stereocenters. The second kappa shape index (κ2) is 6.02. The number of amides is 1. The zero-order valence-electron chi connectivity index (χ0n) is 11.4. The van der Waals surface area contributed by atoms with Gasteiger partial charge in [0, 0.05) is 27.6 Å². The summed E-state index contributed by atoms with van der Waals surface area (Å²) in [4.78, 5) is 21.7. The third kappa shape index (κ3) is 3.55. The monoisotopic (exact) mass is 300 g/mol. The smallest absolute Gasteiger partial charge is 0.335 e. The van der Waals surface area contributed by atoms with Crippen LogP contribution in [0.3, 0.4) is 0 Å². The molecule has 0 radical (unpaired) electrons. The number of carboxylic acids is 1. The maximum absolute atomic E-state index is 12.2. The van der Waals surface area contributed by atoms with Crippen molar-refractivity contribution in [2.45, 2.75) is 18.4 Å². The van der Waals surface area contributed by atoms with Crippen molar-refractivity contribution < 1.29 is 23.1 Å². The van der Waals surface area contributed by atoms with Crippen molar-refractivity contribution in [3.63, 3.8) is 0 Å². The number of hydrogen-bond donors (Lipinski definition) is 2. The Balaban J connectivity index is 3.38. The molecule has 2 N–H and O–H groups in total. The van der Waals surface area contributed by atoms with Gasteiger partial charge in [-0.1, -0.05) is 6.07 Å². The van der Waals surface area contributed by atoms with Gasteiger partial charge in [0.2, 0.25) is 15.9 Å². The van der Waals surface area contributed by atoms with E-state index in [1.807, 2.05) is 0 Å². The first kappa shape index (κ1) is 16.1. The van der Waals surface area contributed by atoms with Crippen LogP contribution in [0.1, 0.15) is 22.8 Å². The topological polar surface area (TPSA) is 104 Å². The molecule has 8 heteroatoms. The summed E-state index contributed by atoms with van der Waals surface area (Å²) in [5, 5.41) is 11.4. The van der Waals surface area contributed by atoms with Crippen LogP contribution in [-0.2, 0) is 21.4 Å². The quantitative estimate of drug-likeness (QED) is 0.812. The fraction of sp³-hybridized carbons (Fsp3) is 0.333. The number of nitrogens with one attached hydrogen (secondary N) is 1. The number of carbonyl (C=O) groups is 2. The van der Waals surface area contributed by atoms with Crippen molar-refractivity contribution in [3.8, 4) is 0 Å². The van der Waals surface area contributed by atoms with Gasteiger partial charge < -0.3 is 10.4 Å². The number of carboxylic acid groups (broad SMARTS) is 1. The van der Waals surface area contributed by atoms with Crippen LogP contribution >= 0.6 is 0 Å². The average Bonchev–Trinajstić information content (AvgIpc) is 2.35. The minimum atomic E-state index is -3.79. The van der Waals surface area contributed by atoms with Gasteiger partial charge in [-0.15, -0.1) is 0 Å². The van der Waals surface area contributed by atoms with Crippen LogP contribution in [0.5, 0.6) is 0 Å². The Hall–Kier alpha value is -1.93. The van der Waals surface area contributed by atoms with Crippen LogP contribution < -0.4 is 5.32 Å². The third-order valence-corrected chi connectivity index (χ3v) is 4.50. The Morgan fingerprint density at radius 1 is 1.30 bits per heavy atom. The van der Waals surface area contributed by atoms with E-state index in [0.717, 1.165) is 10.4 Å². The summed E-state index contributed by atoms with van der Waals surface area (Å²) >= 11 is 0.